The zero-order valence-corrected chi connectivity index (χ0v) is 26.1. The summed E-state index contributed by atoms with van der Waals surface area (Å²) in [6, 6.07) is 27.9. The van der Waals surface area contributed by atoms with Crippen LogP contribution >= 0.6 is 11.8 Å². The highest BCUT2D eigenvalue weighted by Crippen LogP contribution is 2.43. The fraction of sp³-hybridized carbons (Fsp3) is 0.250. The van der Waals surface area contributed by atoms with E-state index in [2.05, 4.69) is 46.5 Å². The molecule has 3 aromatic carbocycles. The number of nitrogens with zero attached hydrogens (tertiary/aromatic N) is 3. The first-order valence-electron chi connectivity index (χ1n) is 15.0. The number of hydrogen-bond acceptors (Lipinski definition) is 7. The lowest BCUT2D eigenvalue weighted by Crippen LogP contribution is -2.38. The van der Waals surface area contributed by atoms with E-state index in [1.54, 1.807) is 42.5 Å². The molecule has 9 heteroatoms. The highest BCUT2D eigenvalue weighted by atomic mass is 32.2. The molecule has 0 unspecified atom stereocenters. The first-order chi connectivity index (χ1) is 22.0. The molecule has 1 amide bonds. The second-order valence-corrected chi connectivity index (χ2v) is 12.2. The van der Waals surface area contributed by atoms with Gasteiger partial charge in [-0.25, -0.2) is 4.98 Å². The Hall–Kier alpha value is -4.28. The maximum atomic E-state index is 12.5. The van der Waals surface area contributed by atoms with Crippen LogP contribution in [0.1, 0.15) is 51.9 Å². The van der Waals surface area contributed by atoms with E-state index in [0.717, 1.165) is 44.3 Å². The lowest BCUT2D eigenvalue weighted by molar-refractivity contribution is -0.268. The van der Waals surface area contributed by atoms with Crippen LogP contribution in [0.5, 0.6) is 0 Å². The fourth-order valence-electron chi connectivity index (χ4n) is 5.46. The molecule has 6 rings (SSSR count). The van der Waals surface area contributed by atoms with Crippen molar-refractivity contribution in [3.63, 3.8) is 0 Å². The van der Waals surface area contributed by atoms with Crippen molar-refractivity contribution in [1.82, 2.24) is 19.9 Å². The summed E-state index contributed by atoms with van der Waals surface area (Å²) in [5.74, 6) is 0.645. The first kappa shape index (κ1) is 30.7. The SMILES string of the molecule is C[C@H]1[C@@H](CSc2nccn2C)O[C@@H](c2cccc(-c3cccc(CNC(=O)c4cccnc4)c3)c2)O[C@H]1c1ccc(CO)cc1. The minimum absolute atomic E-state index is 0.000885. The van der Waals surface area contributed by atoms with E-state index in [0.29, 0.717) is 12.1 Å². The van der Waals surface area contributed by atoms with Crippen LogP contribution in [0.4, 0.5) is 0 Å². The van der Waals surface area contributed by atoms with Crippen LogP contribution in [0.3, 0.4) is 0 Å². The third-order valence-electron chi connectivity index (χ3n) is 8.07. The average molecular weight is 621 g/mol. The van der Waals surface area contributed by atoms with Crippen LogP contribution in [0, 0.1) is 5.92 Å². The number of benzene rings is 3. The van der Waals surface area contributed by atoms with E-state index in [9.17, 15) is 9.90 Å². The van der Waals surface area contributed by atoms with Crippen molar-refractivity contribution in [3.05, 3.63) is 138 Å². The van der Waals surface area contributed by atoms with Crippen molar-refractivity contribution < 1.29 is 19.4 Å². The molecule has 1 aliphatic rings. The Morgan fingerprint density at radius 2 is 1.73 bits per heavy atom. The van der Waals surface area contributed by atoms with Gasteiger partial charge < -0.3 is 24.5 Å². The quantitative estimate of drug-likeness (QED) is 0.172. The van der Waals surface area contributed by atoms with Crippen LogP contribution in [0.2, 0.25) is 0 Å². The molecule has 4 atom stereocenters. The second-order valence-electron chi connectivity index (χ2n) is 11.2. The number of aryl methyl sites for hydroxylation is 1. The summed E-state index contributed by atoms with van der Waals surface area (Å²) in [6.45, 7) is 2.57. The average Bonchev–Trinajstić information content (AvgIpc) is 3.51. The second kappa shape index (κ2) is 14.2. The van der Waals surface area contributed by atoms with Crippen molar-refractivity contribution in [2.75, 3.05) is 5.75 Å². The Bertz CT molecular complexity index is 1730. The molecule has 0 aliphatic carbocycles. The Morgan fingerprint density at radius 3 is 2.47 bits per heavy atom. The number of thioether (sulfide) groups is 1. The van der Waals surface area contributed by atoms with Gasteiger partial charge in [0.25, 0.3) is 5.91 Å². The van der Waals surface area contributed by atoms with Crippen LogP contribution in [-0.4, -0.2) is 37.4 Å². The number of ether oxygens (including phenoxy) is 2. The predicted molar refractivity (Wildman–Crippen MR) is 174 cm³/mol. The third-order valence-corrected chi connectivity index (χ3v) is 9.22. The lowest BCUT2D eigenvalue weighted by atomic mass is 9.91. The topological polar surface area (TPSA) is 98.5 Å². The summed E-state index contributed by atoms with van der Waals surface area (Å²) in [7, 11) is 1.99. The molecule has 0 radical (unpaired) electrons. The Balaban J connectivity index is 1.22. The fourth-order valence-corrected chi connectivity index (χ4v) is 6.56. The van der Waals surface area contributed by atoms with Crippen molar-refractivity contribution in [2.24, 2.45) is 13.0 Å². The van der Waals surface area contributed by atoms with Crippen LogP contribution in [0.15, 0.2) is 115 Å². The Morgan fingerprint density at radius 1 is 0.933 bits per heavy atom. The molecule has 45 heavy (non-hydrogen) atoms. The summed E-state index contributed by atoms with van der Waals surface area (Å²) in [5.41, 5.74) is 6.43. The number of pyridine rings is 1. The van der Waals surface area contributed by atoms with Gasteiger partial charge in [-0.3, -0.25) is 9.78 Å². The van der Waals surface area contributed by atoms with Gasteiger partial charge in [-0.2, -0.15) is 0 Å². The van der Waals surface area contributed by atoms with E-state index >= 15 is 0 Å². The number of amides is 1. The first-order valence-corrected chi connectivity index (χ1v) is 16.0. The number of aliphatic hydroxyl groups excluding tert-OH is 1. The minimum atomic E-state index is -0.572. The van der Waals surface area contributed by atoms with E-state index in [1.165, 1.54) is 0 Å². The minimum Gasteiger partial charge on any atom is -0.392 e. The van der Waals surface area contributed by atoms with Crippen molar-refractivity contribution in [1.29, 1.82) is 0 Å². The standard InChI is InChI=1S/C36H36N4O4S/c1-24-32(23-45-36-38-16-17-40(36)2)43-35(44-33(24)27-13-11-25(22-41)12-14-27)30-9-4-8-29(19-30)28-7-3-6-26(18-28)20-39-34(42)31-10-5-15-37-21-31/h3-19,21,24,32-33,35,41H,20,22-23H2,1-2H3,(H,39,42)/t24-,32+,33+,35+/m0/s1. The molecular formula is C36H36N4O4S. The number of aliphatic hydroxyl groups is 1. The number of nitrogens with one attached hydrogen (secondary N) is 1. The zero-order valence-electron chi connectivity index (χ0n) is 25.2. The van der Waals surface area contributed by atoms with Gasteiger partial charge in [0.15, 0.2) is 11.4 Å². The molecule has 0 saturated carbocycles. The summed E-state index contributed by atoms with van der Waals surface area (Å²) in [5, 5.41) is 13.5. The molecule has 5 aromatic rings. The van der Waals surface area contributed by atoms with Crippen LogP contribution in [-0.2, 0) is 29.7 Å². The molecule has 1 saturated heterocycles. The molecule has 0 spiro atoms. The van der Waals surface area contributed by atoms with Crippen molar-refractivity contribution >= 4 is 17.7 Å². The van der Waals surface area contributed by atoms with Gasteiger partial charge in [-0.15, -0.1) is 0 Å². The van der Waals surface area contributed by atoms with Crippen molar-refractivity contribution in [2.45, 2.75) is 43.7 Å². The Kier molecular flexibility index (Phi) is 9.71. The van der Waals surface area contributed by atoms with E-state index in [4.69, 9.17) is 9.47 Å². The summed E-state index contributed by atoms with van der Waals surface area (Å²) in [4.78, 5) is 21.0. The number of aromatic nitrogens is 3. The molecule has 1 aliphatic heterocycles. The van der Waals surface area contributed by atoms with Gasteiger partial charge in [0.05, 0.1) is 24.4 Å². The molecular weight excluding hydrogens is 584 g/mol. The predicted octanol–water partition coefficient (Wildman–Crippen LogP) is 6.49. The van der Waals surface area contributed by atoms with Crippen LogP contribution < -0.4 is 5.32 Å². The van der Waals surface area contributed by atoms with E-state index in [1.807, 2.05) is 66.3 Å². The van der Waals surface area contributed by atoms with E-state index in [-0.39, 0.29) is 30.6 Å². The number of carbonyl (C=O) groups is 1. The van der Waals surface area contributed by atoms with Gasteiger partial charge >= 0.3 is 0 Å². The molecule has 2 aromatic heterocycles. The smallest absolute Gasteiger partial charge is 0.253 e. The van der Waals surface area contributed by atoms with Gasteiger partial charge in [0.1, 0.15) is 0 Å². The largest absolute Gasteiger partial charge is 0.392 e. The zero-order chi connectivity index (χ0) is 31.2. The maximum absolute atomic E-state index is 12.5. The van der Waals surface area contributed by atoms with Gasteiger partial charge in [0.2, 0.25) is 0 Å². The summed E-state index contributed by atoms with van der Waals surface area (Å²) >= 11 is 1.68. The lowest BCUT2D eigenvalue weighted by Gasteiger charge is -2.41. The normalized spacial score (nSPS) is 19.7. The number of imidazole rings is 1. The summed E-state index contributed by atoms with van der Waals surface area (Å²) < 4.78 is 15.4. The number of rotatable bonds is 10. The molecule has 1 fully saturated rings. The molecule has 230 valence electrons. The van der Waals surface area contributed by atoms with Crippen LogP contribution in [0.25, 0.3) is 11.1 Å². The highest BCUT2D eigenvalue weighted by Gasteiger charge is 2.38. The van der Waals surface area contributed by atoms with Gasteiger partial charge in [-0.05, 0) is 52.1 Å². The molecule has 0 bridgehead atoms. The van der Waals surface area contributed by atoms with E-state index < -0.39 is 6.29 Å². The monoisotopic (exact) mass is 620 g/mol. The van der Waals surface area contributed by atoms with Gasteiger partial charge in [0, 0.05) is 55.6 Å². The maximum Gasteiger partial charge on any atom is 0.253 e. The summed E-state index contributed by atoms with van der Waals surface area (Å²) in [6.07, 6.45) is 6.10. The highest BCUT2D eigenvalue weighted by molar-refractivity contribution is 7.99. The number of hydrogen-bond donors (Lipinski definition) is 2. The van der Waals surface area contributed by atoms with Gasteiger partial charge in [-0.1, -0.05) is 79.3 Å². The number of carbonyl (C=O) groups excluding carboxylic acids is 1. The Labute approximate surface area is 267 Å². The molecule has 8 nitrogen and oxygen atoms in total. The molecule has 2 N–H and O–H groups in total. The molecule has 3 heterocycles. The van der Waals surface area contributed by atoms with Crippen molar-refractivity contribution in [3.8, 4) is 11.1 Å². The third kappa shape index (κ3) is 7.34.